The van der Waals surface area contributed by atoms with Crippen LogP contribution in [0.4, 0.5) is 0 Å². The molecule has 2 aromatic heterocycles. The SMILES string of the molecule is O=C(NCc1ccco1)C1CCCN1C(=O)c1cc2c(s1)CCC2. The number of carbonyl (C=O) groups excluding carboxylic acids is 2. The number of nitrogens with one attached hydrogen (secondary N) is 1. The Bertz CT molecular complexity index is 729. The van der Waals surface area contributed by atoms with Crippen LogP contribution in [0, 0.1) is 0 Å². The van der Waals surface area contributed by atoms with E-state index in [2.05, 4.69) is 5.32 Å². The molecule has 1 aliphatic carbocycles. The predicted octanol–water partition coefficient (Wildman–Crippen LogP) is 2.75. The van der Waals surface area contributed by atoms with Crippen LogP contribution in [0.5, 0.6) is 0 Å². The minimum absolute atomic E-state index is 0.00467. The molecule has 0 bridgehead atoms. The Kier molecular flexibility index (Phi) is 4.14. The lowest BCUT2D eigenvalue weighted by Crippen LogP contribution is -2.45. The third-order valence-corrected chi connectivity index (χ3v) is 6.02. The molecule has 0 aromatic carbocycles. The number of likely N-dealkylation sites (tertiary alicyclic amines) is 1. The van der Waals surface area contributed by atoms with E-state index in [1.165, 1.54) is 16.9 Å². The Labute approximate surface area is 144 Å². The summed E-state index contributed by atoms with van der Waals surface area (Å²) in [7, 11) is 0. The maximum absolute atomic E-state index is 12.8. The Hall–Kier alpha value is -2.08. The molecule has 0 spiro atoms. The van der Waals surface area contributed by atoms with Gasteiger partial charge < -0.3 is 14.6 Å². The summed E-state index contributed by atoms with van der Waals surface area (Å²) in [5.74, 6) is 0.625. The fourth-order valence-corrected chi connectivity index (χ4v) is 4.77. The Morgan fingerprint density at radius 3 is 3.04 bits per heavy atom. The van der Waals surface area contributed by atoms with Gasteiger partial charge in [0.2, 0.25) is 5.91 Å². The summed E-state index contributed by atoms with van der Waals surface area (Å²) in [5, 5.41) is 2.88. The third kappa shape index (κ3) is 2.86. The van der Waals surface area contributed by atoms with Gasteiger partial charge in [0.25, 0.3) is 5.91 Å². The van der Waals surface area contributed by atoms with Crippen molar-refractivity contribution in [1.82, 2.24) is 10.2 Å². The van der Waals surface area contributed by atoms with E-state index in [-0.39, 0.29) is 17.9 Å². The summed E-state index contributed by atoms with van der Waals surface area (Å²) in [4.78, 5) is 29.2. The first kappa shape index (κ1) is 15.4. The van der Waals surface area contributed by atoms with Crippen molar-refractivity contribution in [2.45, 2.75) is 44.7 Å². The van der Waals surface area contributed by atoms with E-state index in [0.717, 1.165) is 30.6 Å². The highest BCUT2D eigenvalue weighted by Crippen LogP contribution is 2.32. The van der Waals surface area contributed by atoms with Crippen LogP contribution in [0.1, 0.15) is 45.1 Å². The molecule has 1 saturated heterocycles. The highest BCUT2D eigenvalue weighted by molar-refractivity contribution is 7.14. The van der Waals surface area contributed by atoms with Gasteiger partial charge in [0, 0.05) is 11.4 Å². The number of aryl methyl sites for hydroxylation is 2. The second kappa shape index (κ2) is 6.43. The van der Waals surface area contributed by atoms with Gasteiger partial charge in [0.1, 0.15) is 11.8 Å². The minimum atomic E-state index is -0.371. The van der Waals surface area contributed by atoms with Crippen molar-refractivity contribution < 1.29 is 14.0 Å². The molecule has 2 aromatic rings. The van der Waals surface area contributed by atoms with Crippen LogP contribution >= 0.6 is 11.3 Å². The lowest BCUT2D eigenvalue weighted by atomic mass is 10.2. The molecule has 2 amide bonds. The number of fused-ring (bicyclic) bond motifs is 1. The zero-order chi connectivity index (χ0) is 16.5. The largest absolute Gasteiger partial charge is 0.467 e. The number of hydrogen-bond acceptors (Lipinski definition) is 4. The number of carbonyl (C=O) groups is 2. The molecule has 0 radical (unpaired) electrons. The molecule has 1 aliphatic heterocycles. The van der Waals surface area contributed by atoms with Crippen molar-refractivity contribution in [1.29, 1.82) is 0 Å². The fourth-order valence-electron chi connectivity index (χ4n) is 3.56. The van der Waals surface area contributed by atoms with Gasteiger partial charge >= 0.3 is 0 Å². The summed E-state index contributed by atoms with van der Waals surface area (Å²) < 4.78 is 5.23. The standard InChI is InChI=1S/C18H20N2O3S/c21-17(19-11-13-5-3-9-23-13)14-6-2-8-20(14)18(22)16-10-12-4-1-7-15(12)24-16/h3,5,9-10,14H,1-2,4,6-8,11H2,(H,19,21). The van der Waals surface area contributed by atoms with Crippen molar-refractivity contribution in [3.63, 3.8) is 0 Å². The first-order chi connectivity index (χ1) is 11.7. The first-order valence-corrected chi connectivity index (χ1v) is 9.26. The molecule has 1 N–H and O–H groups in total. The van der Waals surface area contributed by atoms with Gasteiger partial charge in [-0.25, -0.2) is 0 Å². The van der Waals surface area contributed by atoms with Crippen LogP contribution in [0.25, 0.3) is 0 Å². The normalized spacial score (nSPS) is 19.5. The van der Waals surface area contributed by atoms with E-state index in [9.17, 15) is 9.59 Å². The topological polar surface area (TPSA) is 62.6 Å². The van der Waals surface area contributed by atoms with Gasteiger partial charge in [0.15, 0.2) is 0 Å². The fraction of sp³-hybridized carbons (Fsp3) is 0.444. The predicted molar refractivity (Wildman–Crippen MR) is 91.0 cm³/mol. The summed E-state index contributed by atoms with van der Waals surface area (Å²) >= 11 is 1.60. The van der Waals surface area contributed by atoms with Crippen molar-refractivity contribution >= 4 is 23.2 Å². The second-order valence-corrected chi connectivity index (χ2v) is 7.50. The summed E-state index contributed by atoms with van der Waals surface area (Å²) in [5.41, 5.74) is 1.32. The van der Waals surface area contributed by atoms with Gasteiger partial charge in [-0.2, -0.15) is 0 Å². The molecule has 2 aliphatic rings. The number of thiophene rings is 1. The zero-order valence-electron chi connectivity index (χ0n) is 13.4. The van der Waals surface area contributed by atoms with Gasteiger partial charge in [-0.3, -0.25) is 9.59 Å². The number of hydrogen-bond donors (Lipinski definition) is 1. The van der Waals surface area contributed by atoms with Gasteiger partial charge in [-0.15, -0.1) is 11.3 Å². The molecule has 4 rings (SSSR count). The monoisotopic (exact) mass is 344 g/mol. The number of rotatable bonds is 4. The van der Waals surface area contributed by atoms with Gasteiger partial charge in [-0.1, -0.05) is 0 Å². The van der Waals surface area contributed by atoms with Gasteiger partial charge in [-0.05, 0) is 55.9 Å². The lowest BCUT2D eigenvalue weighted by Gasteiger charge is -2.23. The molecule has 126 valence electrons. The number of furan rings is 1. The minimum Gasteiger partial charge on any atom is -0.467 e. The molecule has 1 atom stereocenters. The van der Waals surface area contributed by atoms with Crippen LogP contribution in [-0.4, -0.2) is 29.3 Å². The van der Waals surface area contributed by atoms with Crippen LogP contribution < -0.4 is 5.32 Å². The lowest BCUT2D eigenvalue weighted by molar-refractivity contribution is -0.125. The number of nitrogens with zero attached hydrogens (tertiary/aromatic N) is 1. The Morgan fingerprint density at radius 1 is 1.33 bits per heavy atom. The van der Waals surface area contributed by atoms with E-state index in [1.807, 2.05) is 12.1 Å². The molecule has 6 heteroatoms. The highest BCUT2D eigenvalue weighted by Gasteiger charge is 2.35. The number of amides is 2. The summed E-state index contributed by atoms with van der Waals surface area (Å²) in [6, 6.07) is 5.28. The molecular formula is C18H20N2O3S. The maximum Gasteiger partial charge on any atom is 0.264 e. The van der Waals surface area contributed by atoms with Crippen LogP contribution in [-0.2, 0) is 24.2 Å². The van der Waals surface area contributed by atoms with Gasteiger partial charge in [0.05, 0.1) is 17.7 Å². The second-order valence-electron chi connectivity index (χ2n) is 6.37. The molecule has 3 heterocycles. The Morgan fingerprint density at radius 2 is 2.25 bits per heavy atom. The summed E-state index contributed by atoms with van der Waals surface area (Å²) in [6.45, 7) is 1.01. The van der Waals surface area contributed by atoms with E-state index in [0.29, 0.717) is 18.8 Å². The van der Waals surface area contributed by atoms with Crippen molar-refractivity contribution in [3.05, 3.63) is 45.5 Å². The average molecular weight is 344 g/mol. The smallest absolute Gasteiger partial charge is 0.264 e. The molecule has 0 saturated carbocycles. The summed E-state index contributed by atoms with van der Waals surface area (Å²) in [6.07, 6.45) is 6.53. The maximum atomic E-state index is 12.8. The third-order valence-electron chi connectivity index (χ3n) is 4.79. The first-order valence-electron chi connectivity index (χ1n) is 8.45. The quantitative estimate of drug-likeness (QED) is 0.928. The van der Waals surface area contributed by atoms with Crippen molar-refractivity contribution in [2.24, 2.45) is 0 Å². The van der Waals surface area contributed by atoms with Crippen molar-refractivity contribution in [3.8, 4) is 0 Å². The molecule has 1 fully saturated rings. The van der Waals surface area contributed by atoms with E-state index in [4.69, 9.17) is 4.42 Å². The molecule has 24 heavy (non-hydrogen) atoms. The highest BCUT2D eigenvalue weighted by atomic mass is 32.1. The average Bonchev–Trinajstić information content (AvgIpc) is 3.35. The van der Waals surface area contributed by atoms with E-state index in [1.54, 1.807) is 28.6 Å². The van der Waals surface area contributed by atoms with E-state index < -0.39 is 0 Å². The van der Waals surface area contributed by atoms with Crippen molar-refractivity contribution in [2.75, 3.05) is 6.54 Å². The molecule has 5 nitrogen and oxygen atoms in total. The van der Waals surface area contributed by atoms with Crippen LogP contribution in [0.2, 0.25) is 0 Å². The van der Waals surface area contributed by atoms with Crippen LogP contribution in [0.15, 0.2) is 28.9 Å². The molecular weight excluding hydrogens is 324 g/mol. The van der Waals surface area contributed by atoms with E-state index >= 15 is 0 Å². The van der Waals surface area contributed by atoms with Crippen LogP contribution in [0.3, 0.4) is 0 Å². The Balaban J connectivity index is 1.43. The molecule has 1 unspecified atom stereocenters. The zero-order valence-corrected chi connectivity index (χ0v) is 14.2.